The molecule has 2 saturated carbocycles. The Hall–Kier alpha value is -0.120. The summed E-state index contributed by atoms with van der Waals surface area (Å²) in [6.07, 6.45) is 10.3. The Kier molecular flexibility index (Phi) is 5.40. The van der Waals surface area contributed by atoms with Gasteiger partial charge in [0, 0.05) is 38.8 Å². The summed E-state index contributed by atoms with van der Waals surface area (Å²) < 4.78 is 0. The topological polar surface area (TPSA) is 9.72 Å². The first-order chi connectivity index (χ1) is 11.1. The minimum atomic E-state index is 0.728. The molecule has 0 unspecified atom stereocenters. The highest BCUT2D eigenvalue weighted by Gasteiger charge is 2.50. The lowest BCUT2D eigenvalue weighted by Gasteiger charge is -2.55. The fraction of sp³-hybridized carbons (Fsp3) is 1.00. The zero-order chi connectivity index (χ0) is 16.5. The normalized spacial score (nSPS) is 30.8. The van der Waals surface area contributed by atoms with E-state index in [4.69, 9.17) is 0 Å². The summed E-state index contributed by atoms with van der Waals surface area (Å²) in [6.45, 7) is 14.4. The van der Waals surface area contributed by atoms with E-state index in [9.17, 15) is 0 Å². The standard InChI is InChI=1S/C18H33N3.C2H6/c1-3-17(8-9-17)12-20-13-18(14-20)6-4-16(5-7-18)21-11-10-19(2)15-21;1-2/h16H,3-15H2,1-2H3;1-2H3. The summed E-state index contributed by atoms with van der Waals surface area (Å²) in [6, 6.07) is 0.889. The maximum Gasteiger partial charge on any atom is 0.0507 e. The highest BCUT2D eigenvalue weighted by molar-refractivity contribution is 5.03. The van der Waals surface area contributed by atoms with Gasteiger partial charge in [-0.1, -0.05) is 20.8 Å². The molecule has 23 heavy (non-hydrogen) atoms. The second-order valence-corrected chi connectivity index (χ2v) is 8.76. The van der Waals surface area contributed by atoms with Gasteiger partial charge in [-0.2, -0.15) is 0 Å². The SMILES string of the molecule is CC.CCC1(CN2CC3(CCC(N4CCN(C)C4)CC3)C2)CC1. The van der Waals surface area contributed by atoms with Gasteiger partial charge in [0.2, 0.25) is 0 Å². The molecule has 2 saturated heterocycles. The lowest BCUT2D eigenvalue weighted by atomic mass is 9.67. The zero-order valence-corrected chi connectivity index (χ0v) is 16.1. The molecule has 0 amide bonds. The number of hydrogen-bond donors (Lipinski definition) is 0. The average Bonchev–Trinajstić information content (AvgIpc) is 3.20. The van der Waals surface area contributed by atoms with Gasteiger partial charge in [-0.15, -0.1) is 0 Å². The van der Waals surface area contributed by atoms with Crippen LogP contribution in [-0.4, -0.2) is 67.2 Å². The van der Waals surface area contributed by atoms with Gasteiger partial charge in [0.1, 0.15) is 0 Å². The maximum atomic E-state index is 2.78. The number of likely N-dealkylation sites (tertiary alicyclic amines) is 1. The van der Waals surface area contributed by atoms with Crippen LogP contribution in [0.5, 0.6) is 0 Å². The van der Waals surface area contributed by atoms with E-state index in [1.165, 1.54) is 84.3 Å². The van der Waals surface area contributed by atoms with Crippen molar-refractivity contribution in [2.75, 3.05) is 46.4 Å². The molecule has 3 heteroatoms. The maximum absolute atomic E-state index is 2.78. The van der Waals surface area contributed by atoms with Crippen molar-refractivity contribution in [2.45, 2.75) is 71.8 Å². The molecular weight excluding hydrogens is 282 g/mol. The molecule has 0 aromatic rings. The third-order valence-corrected chi connectivity index (χ3v) is 7.11. The van der Waals surface area contributed by atoms with Gasteiger partial charge in [0.15, 0.2) is 0 Å². The Morgan fingerprint density at radius 2 is 1.61 bits per heavy atom. The Morgan fingerprint density at radius 3 is 2.09 bits per heavy atom. The summed E-state index contributed by atoms with van der Waals surface area (Å²) >= 11 is 0. The monoisotopic (exact) mass is 321 g/mol. The molecule has 0 radical (unpaired) electrons. The molecule has 4 rings (SSSR count). The molecule has 0 bridgehead atoms. The first-order valence-electron chi connectivity index (χ1n) is 10.3. The predicted molar refractivity (Wildman–Crippen MR) is 98.6 cm³/mol. The van der Waals surface area contributed by atoms with Crippen LogP contribution in [-0.2, 0) is 0 Å². The van der Waals surface area contributed by atoms with Gasteiger partial charge >= 0.3 is 0 Å². The second-order valence-electron chi connectivity index (χ2n) is 8.76. The summed E-state index contributed by atoms with van der Waals surface area (Å²) in [5, 5.41) is 0. The highest BCUT2D eigenvalue weighted by atomic mass is 15.4. The zero-order valence-electron chi connectivity index (χ0n) is 16.1. The fourth-order valence-corrected chi connectivity index (χ4v) is 5.23. The van der Waals surface area contributed by atoms with Crippen molar-refractivity contribution in [1.29, 1.82) is 0 Å². The molecule has 2 aliphatic carbocycles. The molecule has 4 fully saturated rings. The van der Waals surface area contributed by atoms with Crippen molar-refractivity contribution >= 4 is 0 Å². The van der Waals surface area contributed by atoms with E-state index in [0.29, 0.717) is 0 Å². The van der Waals surface area contributed by atoms with Crippen molar-refractivity contribution in [1.82, 2.24) is 14.7 Å². The van der Waals surface area contributed by atoms with Crippen LogP contribution in [0.25, 0.3) is 0 Å². The van der Waals surface area contributed by atoms with Gasteiger partial charge in [0.05, 0.1) is 6.67 Å². The fourth-order valence-electron chi connectivity index (χ4n) is 5.23. The lowest BCUT2D eigenvalue weighted by Crippen LogP contribution is -2.59. The minimum absolute atomic E-state index is 0.728. The summed E-state index contributed by atoms with van der Waals surface area (Å²) in [5.41, 5.74) is 1.48. The molecule has 2 aliphatic heterocycles. The first kappa shape index (κ1) is 17.7. The van der Waals surface area contributed by atoms with Gasteiger partial charge < -0.3 is 4.90 Å². The summed E-state index contributed by atoms with van der Waals surface area (Å²) in [7, 11) is 2.26. The van der Waals surface area contributed by atoms with Gasteiger partial charge in [-0.05, 0) is 62.8 Å². The van der Waals surface area contributed by atoms with Crippen molar-refractivity contribution in [3.8, 4) is 0 Å². The molecule has 1 spiro atoms. The molecule has 3 nitrogen and oxygen atoms in total. The van der Waals surface area contributed by atoms with Crippen LogP contribution < -0.4 is 0 Å². The molecule has 4 aliphatic rings. The van der Waals surface area contributed by atoms with Crippen molar-refractivity contribution in [3.05, 3.63) is 0 Å². The van der Waals surface area contributed by atoms with Crippen LogP contribution in [0.15, 0.2) is 0 Å². The van der Waals surface area contributed by atoms with E-state index < -0.39 is 0 Å². The first-order valence-corrected chi connectivity index (χ1v) is 10.3. The Labute approximate surface area is 144 Å². The minimum Gasteiger partial charge on any atom is -0.302 e. The molecule has 0 aromatic heterocycles. The van der Waals surface area contributed by atoms with Crippen molar-refractivity contribution in [2.24, 2.45) is 10.8 Å². The van der Waals surface area contributed by atoms with Gasteiger partial charge in [-0.25, -0.2) is 0 Å². The molecule has 134 valence electrons. The Morgan fingerprint density at radius 1 is 0.957 bits per heavy atom. The molecule has 0 atom stereocenters. The van der Waals surface area contributed by atoms with E-state index in [0.717, 1.165) is 16.9 Å². The van der Waals surface area contributed by atoms with E-state index in [2.05, 4.69) is 28.7 Å². The van der Waals surface area contributed by atoms with E-state index in [1.807, 2.05) is 13.8 Å². The number of hydrogen-bond acceptors (Lipinski definition) is 3. The number of nitrogens with zero attached hydrogens (tertiary/aromatic N) is 3. The van der Waals surface area contributed by atoms with Crippen LogP contribution in [0.2, 0.25) is 0 Å². The van der Waals surface area contributed by atoms with Crippen LogP contribution in [0.3, 0.4) is 0 Å². The second kappa shape index (κ2) is 7.01. The third-order valence-electron chi connectivity index (χ3n) is 7.11. The molecule has 0 aromatic carbocycles. The van der Waals surface area contributed by atoms with Crippen LogP contribution in [0.1, 0.15) is 65.7 Å². The number of likely N-dealkylation sites (N-methyl/N-ethyl adjacent to an activating group) is 1. The quantitative estimate of drug-likeness (QED) is 0.782. The van der Waals surface area contributed by atoms with Crippen LogP contribution in [0.4, 0.5) is 0 Å². The van der Waals surface area contributed by atoms with Crippen LogP contribution in [0, 0.1) is 10.8 Å². The highest BCUT2D eigenvalue weighted by Crippen LogP contribution is 2.52. The van der Waals surface area contributed by atoms with Crippen molar-refractivity contribution in [3.63, 3.8) is 0 Å². The van der Waals surface area contributed by atoms with E-state index >= 15 is 0 Å². The van der Waals surface area contributed by atoms with Gasteiger partial charge in [0.25, 0.3) is 0 Å². The largest absolute Gasteiger partial charge is 0.302 e. The van der Waals surface area contributed by atoms with Crippen LogP contribution >= 0.6 is 0 Å². The summed E-state index contributed by atoms with van der Waals surface area (Å²) in [4.78, 5) is 7.98. The van der Waals surface area contributed by atoms with E-state index in [-0.39, 0.29) is 0 Å². The summed E-state index contributed by atoms with van der Waals surface area (Å²) in [5.74, 6) is 0. The lowest BCUT2D eigenvalue weighted by molar-refractivity contribution is -0.0536. The average molecular weight is 322 g/mol. The van der Waals surface area contributed by atoms with E-state index in [1.54, 1.807) is 0 Å². The van der Waals surface area contributed by atoms with Gasteiger partial charge in [-0.3, -0.25) is 9.80 Å². The Bertz CT molecular complexity index is 374. The number of rotatable bonds is 4. The predicted octanol–water partition coefficient (Wildman–Crippen LogP) is 3.65. The Balaban J connectivity index is 0.000000753. The molecule has 0 N–H and O–H groups in total. The third kappa shape index (κ3) is 3.77. The van der Waals surface area contributed by atoms with Crippen molar-refractivity contribution < 1.29 is 0 Å². The molecule has 2 heterocycles. The smallest absolute Gasteiger partial charge is 0.0507 e. The molecular formula is C20H39N3.